The molecule has 0 aliphatic carbocycles. The number of aliphatic hydroxyl groups is 1. The van der Waals surface area contributed by atoms with Gasteiger partial charge in [0.2, 0.25) is 5.91 Å². The van der Waals surface area contributed by atoms with Crippen LogP contribution < -0.4 is 0 Å². The van der Waals surface area contributed by atoms with Crippen molar-refractivity contribution in [3.8, 4) is 0 Å². The van der Waals surface area contributed by atoms with Crippen molar-refractivity contribution in [2.24, 2.45) is 0 Å². The van der Waals surface area contributed by atoms with E-state index >= 15 is 0 Å². The maximum Gasteiger partial charge on any atom is 0.235 e. The van der Waals surface area contributed by atoms with Crippen LogP contribution in [0.3, 0.4) is 0 Å². The fourth-order valence-electron chi connectivity index (χ4n) is 1.67. The highest BCUT2D eigenvalue weighted by molar-refractivity contribution is 8.02. The molecule has 1 aromatic heterocycles. The van der Waals surface area contributed by atoms with Crippen molar-refractivity contribution in [3.63, 3.8) is 0 Å². The Bertz CT molecular complexity index is 538. The van der Waals surface area contributed by atoms with E-state index in [1.807, 2.05) is 31.2 Å². The first kappa shape index (κ1) is 14.3. The molecule has 1 atom stereocenters. The molecule has 0 spiro atoms. The van der Waals surface area contributed by atoms with Gasteiger partial charge in [0.25, 0.3) is 0 Å². The van der Waals surface area contributed by atoms with Crippen molar-refractivity contribution >= 4 is 39.2 Å². The van der Waals surface area contributed by atoms with Crippen LogP contribution in [0.25, 0.3) is 10.2 Å². The van der Waals surface area contributed by atoms with Crippen LogP contribution in [0.15, 0.2) is 28.6 Å². The van der Waals surface area contributed by atoms with Gasteiger partial charge in [-0.05, 0) is 19.1 Å². The van der Waals surface area contributed by atoms with Crippen molar-refractivity contribution in [1.82, 2.24) is 9.88 Å². The zero-order valence-corrected chi connectivity index (χ0v) is 12.5. The molecule has 102 valence electrons. The standard InChI is InChI=1S/C13H16N2O2S2/c1-9(12(17)15(2)7-8-16)18-13-14-10-5-3-4-6-11(10)19-13/h3-6,9,16H,7-8H2,1-2H3. The summed E-state index contributed by atoms with van der Waals surface area (Å²) in [6.45, 7) is 2.22. The van der Waals surface area contributed by atoms with E-state index in [4.69, 9.17) is 5.11 Å². The number of amides is 1. The number of thiazole rings is 1. The average molecular weight is 296 g/mol. The minimum absolute atomic E-state index is 0.0123. The molecule has 1 heterocycles. The van der Waals surface area contributed by atoms with Gasteiger partial charge >= 0.3 is 0 Å². The van der Waals surface area contributed by atoms with E-state index in [2.05, 4.69) is 4.98 Å². The molecule has 1 amide bonds. The minimum atomic E-state index is -0.197. The lowest BCUT2D eigenvalue weighted by atomic mass is 10.3. The van der Waals surface area contributed by atoms with Gasteiger partial charge in [-0.1, -0.05) is 23.9 Å². The quantitative estimate of drug-likeness (QED) is 0.860. The number of aliphatic hydroxyl groups excluding tert-OH is 1. The number of benzene rings is 1. The van der Waals surface area contributed by atoms with Gasteiger partial charge in [0.05, 0.1) is 22.1 Å². The number of likely N-dealkylation sites (N-methyl/N-ethyl adjacent to an activating group) is 1. The van der Waals surface area contributed by atoms with Crippen LogP contribution in [0.5, 0.6) is 0 Å². The first-order chi connectivity index (χ1) is 9.11. The number of thioether (sulfide) groups is 1. The fraction of sp³-hybridized carbons (Fsp3) is 0.385. The Morgan fingerprint density at radius 3 is 2.95 bits per heavy atom. The summed E-state index contributed by atoms with van der Waals surface area (Å²) in [6, 6.07) is 7.94. The number of para-hydroxylation sites is 1. The van der Waals surface area contributed by atoms with Crippen molar-refractivity contribution in [1.29, 1.82) is 0 Å². The van der Waals surface area contributed by atoms with E-state index in [-0.39, 0.29) is 17.8 Å². The molecule has 0 radical (unpaired) electrons. The van der Waals surface area contributed by atoms with Crippen molar-refractivity contribution in [3.05, 3.63) is 24.3 Å². The predicted octanol–water partition coefficient (Wildman–Crippen LogP) is 2.23. The second-order valence-electron chi connectivity index (χ2n) is 4.19. The Kier molecular flexibility index (Phi) is 4.79. The number of carbonyl (C=O) groups excluding carboxylic acids is 1. The van der Waals surface area contributed by atoms with Gasteiger partial charge in [-0.15, -0.1) is 11.3 Å². The number of hydrogen-bond donors (Lipinski definition) is 1. The van der Waals surface area contributed by atoms with Gasteiger partial charge in [0, 0.05) is 13.6 Å². The first-order valence-corrected chi connectivity index (χ1v) is 7.69. The third-order valence-corrected chi connectivity index (χ3v) is 4.93. The van der Waals surface area contributed by atoms with E-state index in [9.17, 15) is 4.79 Å². The second-order valence-corrected chi connectivity index (χ2v) is 6.81. The lowest BCUT2D eigenvalue weighted by Crippen LogP contribution is -2.35. The Morgan fingerprint density at radius 2 is 2.26 bits per heavy atom. The topological polar surface area (TPSA) is 53.4 Å². The third kappa shape index (κ3) is 3.46. The molecule has 1 N–H and O–H groups in total. The number of carbonyl (C=O) groups is 1. The summed E-state index contributed by atoms with van der Waals surface area (Å²) in [5.74, 6) is 0.0123. The molecule has 0 fully saturated rings. The van der Waals surface area contributed by atoms with Crippen LogP contribution in [0.2, 0.25) is 0 Å². The zero-order valence-electron chi connectivity index (χ0n) is 10.9. The van der Waals surface area contributed by atoms with Gasteiger partial charge < -0.3 is 10.0 Å². The lowest BCUT2D eigenvalue weighted by Gasteiger charge is -2.19. The summed E-state index contributed by atoms with van der Waals surface area (Å²) in [4.78, 5) is 18.1. The smallest absolute Gasteiger partial charge is 0.235 e. The average Bonchev–Trinajstić information content (AvgIpc) is 2.80. The molecule has 0 saturated heterocycles. The molecule has 0 aliphatic rings. The molecule has 1 unspecified atom stereocenters. The Labute approximate surface area is 120 Å². The second kappa shape index (κ2) is 6.36. The lowest BCUT2D eigenvalue weighted by molar-refractivity contribution is -0.129. The number of rotatable bonds is 5. The van der Waals surface area contributed by atoms with Gasteiger partial charge in [0.1, 0.15) is 0 Å². The highest BCUT2D eigenvalue weighted by Crippen LogP contribution is 2.32. The van der Waals surface area contributed by atoms with Gasteiger partial charge in [0.15, 0.2) is 4.34 Å². The first-order valence-electron chi connectivity index (χ1n) is 6.00. The van der Waals surface area contributed by atoms with Crippen LogP contribution in [-0.2, 0) is 4.79 Å². The molecule has 0 aliphatic heterocycles. The Balaban J connectivity index is 2.05. The molecular weight excluding hydrogens is 280 g/mol. The Hall–Kier alpha value is -1.11. The number of fused-ring (bicyclic) bond motifs is 1. The van der Waals surface area contributed by atoms with Crippen molar-refractivity contribution in [2.75, 3.05) is 20.2 Å². The van der Waals surface area contributed by atoms with Gasteiger partial charge in [-0.3, -0.25) is 4.79 Å². The predicted molar refractivity (Wildman–Crippen MR) is 79.7 cm³/mol. The van der Waals surface area contributed by atoms with E-state index in [1.165, 1.54) is 11.8 Å². The minimum Gasteiger partial charge on any atom is -0.395 e. The summed E-state index contributed by atoms with van der Waals surface area (Å²) in [6.07, 6.45) is 0. The van der Waals surface area contributed by atoms with Crippen LogP contribution in [0, 0.1) is 0 Å². The van der Waals surface area contributed by atoms with Crippen molar-refractivity contribution in [2.45, 2.75) is 16.5 Å². The van der Waals surface area contributed by atoms with Gasteiger partial charge in [-0.25, -0.2) is 4.98 Å². The molecule has 6 heteroatoms. The van der Waals surface area contributed by atoms with Crippen LogP contribution in [0.4, 0.5) is 0 Å². The molecule has 2 aromatic rings. The number of nitrogens with zero attached hydrogens (tertiary/aromatic N) is 2. The van der Waals surface area contributed by atoms with E-state index in [0.717, 1.165) is 14.6 Å². The SMILES string of the molecule is CC(Sc1nc2ccccc2s1)C(=O)N(C)CCO. The van der Waals surface area contributed by atoms with Crippen LogP contribution in [0.1, 0.15) is 6.92 Å². The fourth-order valence-corrected chi connectivity index (χ4v) is 4.00. The summed E-state index contributed by atoms with van der Waals surface area (Å²) in [7, 11) is 1.70. The Morgan fingerprint density at radius 1 is 1.53 bits per heavy atom. The van der Waals surface area contributed by atoms with E-state index in [1.54, 1.807) is 23.3 Å². The zero-order chi connectivity index (χ0) is 13.8. The molecule has 0 bridgehead atoms. The number of hydrogen-bond acceptors (Lipinski definition) is 5. The highest BCUT2D eigenvalue weighted by Gasteiger charge is 2.19. The molecule has 19 heavy (non-hydrogen) atoms. The van der Waals surface area contributed by atoms with Crippen LogP contribution in [-0.4, -0.2) is 46.3 Å². The third-order valence-electron chi connectivity index (χ3n) is 2.71. The summed E-state index contributed by atoms with van der Waals surface area (Å²) in [5, 5.41) is 8.64. The molecule has 1 aromatic carbocycles. The van der Waals surface area contributed by atoms with E-state index in [0.29, 0.717) is 6.54 Å². The maximum absolute atomic E-state index is 12.0. The normalized spacial score (nSPS) is 12.6. The summed E-state index contributed by atoms with van der Waals surface area (Å²) < 4.78 is 2.04. The number of aromatic nitrogens is 1. The molecule has 0 saturated carbocycles. The highest BCUT2D eigenvalue weighted by atomic mass is 32.2. The molecular formula is C13H16N2O2S2. The van der Waals surface area contributed by atoms with Crippen molar-refractivity contribution < 1.29 is 9.90 Å². The van der Waals surface area contributed by atoms with Gasteiger partial charge in [-0.2, -0.15) is 0 Å². The molecule has 4 nitrogen and oxygen atoms in total. The maximum atomic E-state index is 12.0. The molecule has 2 rings (SSSR count). The summed E-state index contributed by atoms with van der Waals surface area (Å²) in [5.41, 5.74) is 0.971. The van der Waals surface area contributed by atoms with Crippen LogP contribution >= 0.6 is 23.1 Å². The van der Waals surface area contributed by atoms with E-state index < -0.39 is 0 Å². The summed E-state index contributed by atoms with van der Waals surface area (Å²) >= 11 is 3.07. The largest absolute Gasteiger partial charge is 0.395 e. The monoisotopic (exact) mass is 296 g/mol.